The van der Waals surface area contributed by atoms with Crippen molar-refractivity contribution in [2.75, 3.05) is 11.9 Å². The SMILES string of the molecule is O=C(NCC1CCCC1CBr)c1ccncc1. The molecule has 92 valence electrons. The van der Waals surface area contributed by atoms with Crippen molar-refractivity contribution in [1.29, 1.82) is 0 Å². The van der Waals surface area contributed by atoms with Gasteiger partial charge in [-0.1, -0.05) is 22.4 Å². The minimum atomic E-state index is 0.00706. The number of pyridine rings is 1. The Labute approximate surface area is 110 Å². The Hall–Kier alpha value is -0.900. The quantitative estimate of drug-likeness (QED) is 0.868. The second-order valence-corrected chi connectivity index (χ2v) is 5.20. The summed E-state index contributed by atoms with van der Waals surface area (Å²) in [6.07, 6.45) is 7.08. The van der Waals surface area contributed by atoms with Crippen molar-refractivity contribution in [1.82, 2.24) is 10.3 Å². The molecule has 0 aliphatic heterocycles. The Morgan fingerprint density at radius 1 is 1.35 bits per heavy atom. The van der Waals surface area contributed by atoms with E-state index in [4.69, 9.17) is 0 Å². The molecule has 0 bridgehead atoms. The number of nitrogens with zero attached hydrogens (tertiary/aromatic N) is 1. The van der Waals surface area contributed by atoms with E-state index in [1.54, 1.807) is 24.5 Å². The minimum absolute atomic E-state index is 0.00706. The zero-order chi connectivity index (χ0) is 12.1. The standard InChI is InChI=1S/C13H17BrN2O/c14-8-11-2-1-3-12(11)9-16-13(17)10-4-6-15-7-5-10/h4-7,11-12H,1-3,8-9H2,(H,16,17). The lowest BCUT2D eigenvalue weighted by Crippen LogP contribution is -2.31. The van der Waals surface area contributed by atoms with Gasteiger partial charge in [-0.3, -0.25) is 9.78 Å². The number of alkyl halides is 1. The number of rotatable bonds is 4. The molecule has 1 aliphatic rings. The van der Waals surface area contributed by atoms with Gasteiger partial charge in [0.1, 0.15) is 0 Å². The molecule has 1 aromatic rings. The third kappa shape index (κ3) is 3.28. The molecule has 1 aliphatic carbocycles. The molecule has 1 saturated carbocycles. The summed E-state index contributed by atoms with van der Waals surface area (Å²) in [5, 5.41) is 4.06. The average molecular weight is 297 g/mol. The first-order chi connectivity index (χ1) is 8.31. The molecule has 3 nitrogen and oxygen atoms in total. The maximum atomic E-state index is 11.8. The third-order valence-corrected chi connectivity index (χ3v) is 4.31. The lowest BCUT2D eigenvalue weighted by atomic mass is 9.98. The van der Waals surface area contributed by atoms with Gasteiger partial charge in [0.05, 0.1) is 0 Å². The summed E-state index contributed by atoms with van der Waals surface area (Å²) >= 11 is 3.55. The number of aromatic nitrogens is 1. The molecule has 0 spiro atoms. The molecule has 1 fully saturated rings. The number of amides is 1. The summed E-state index contributed by atoms with van der Waals surface area (Å²) in [5.74, 6) is 1.35. The second kappa shape index (κ2) is 6.15. The van der Waals surface area contributed by atoms with E-state index in [0.29, 0.717) is 17.4 Å². The van der Waals surface area contributed by atoms with Crippen LogP contribution in [0.25, 0.3) is 0 Å². The first-order valence-electron chi connectivity index (χ1n) is 6.05. The van der Waals surface area contributed by atoms with E-state index in [-0.39, 0.29) is 5.91 Å². The number of hydrogen-bond donors (Lipinski definition) is 1. The first-order valence-corrected chi connectivity index (χ1v) is 7.17. The molecule has 0 saturated heterocycles. The fourth-order valence-corrected chi connectivity index (χ4v) is 3.27. The summed E-state index contributed by atoms with van der Waals surface area (Å²) < 4.78 is 0. The van der Waals surface area contributed by atoms with E-state index >= 15 is 0 Å². The van der Waals surface area contributed by atoms with Gasteiger partial charge in [-0.25, -0.2) is 0 Å². The number of carbonyl (C=O) groups excluding carboxylic acids is 1. The highest BCUT2D eigenvalue weighted by atomic mass is 79.9. The van der Waals surface area contributed by atoms with Crippen molar-refractivity contribution in [2.45, 2.75) is 19.3 Å². The van der Waals surface area contributed by atoms with Crippen molar-refractivity contribution in [2.24, 2.45) is 11.8 Å². The van der Waals surface area contributed by atoms with E-state index in [1.165, 1.54) is 19.3 Å². The maximum absolute atomic E-state index is 11.8. The highest BCUT2D eigenvalue weighted by Gasteiger charge is 2.26. The number of halogens is 1. The number of nitrogens with one attached hydrogen (secondary N) is 1. The Kier molecular flexibility index (Phi) is 4.54. The van der Waals surface area contributed by atoms with E-state index in [1.807, 2.05) is 0 Å². The Balaban J connectivity index is 1.84. The summed E-state index contributed by atoms with van der Waals surface area (Å²) in [7, 11) is 0. The Morgan fingerprint density at radius 3 is 2.76 bits per heavy atom. The van der Waals surface area contributed by atoms with Crippen LogP contribution >= 0.6 is 15.9 Å². The van der Waals surface area contributed by atoms with Gasteiger partial charge in [-0.15, -0.1) is 0 Å². The molecule has 17 heavy (non-hydrogen) atoms. The topological polar surface area (TPSA) is 42.0 Å². The van der Waals surface area contributed by atoms with Crippen LogP contribution in [0, 0.1) is 11.8 Å². The van der Waals surface area contributed by atoms with Gasteiger partial charge in [0.25, 0.3) is 5.91 Å². The Bertz CT molecular complexity index is 369. The molecule has 1 aromatic heterocycles. The van der Waals surface area contributed by atoms with Gasteiger partial charge in [0.15, 0.2) is 0 Å². The summed E-state index contributed by atoms with van der Waals surface area (Å²) in [4.78, 5) is 15.8. The molecule has 1 heterocycles. The van der Waals surface area contributed by atoms with Crippen LogP contribution in [0.1, 0.15) is 29.6 Å². The minimum Gasteiger partial charge on any atom is -0.352 e. The van der Waals surface area contributed by atoms with Crippen molar-refractivity contribution < 1.29 is 4.79 Å². The van der Waals surface area contributed by atoms with Gasteiger partial charge in [0.2, 0.25) is 0 Å². The van der Waals surface area contributed by atoms with Crippen molar-refractivity contribution in [3.8, 4) is 0 Å². The van der Waals surface area contributed by atoms with Gasteiger partial charge in [-0.05, 0) is 36.8 Å². The zero-order valence-electron chi connectivity index (χ0n) is 9.73. The zero-order valence-corrected chi connectivity index (χ0v) is 11.3. The predicted octanol–water partition coefficient (Wildman–Crippen LogP) is 2.62. The molecular weight excluding hydrogens is 280 g/mol. The Morgan fingerprint density at radius 2 is 2.06 bits per heavy atom. The van der Waals surface area contributed by atoms with E-state index in [2.05, 4.69) is 26.2 Å². The van der Waals surface area contributed by atoms with E-state index in [0.717, 1.165) is 11.9 Å². The molecule has 2 atom stereocenters. The van der Waals surface area contributed by atoms with Crippen LogP contribution in [0.5, 0.6) is 0 Å². The van der Waals surface area contributed by atoms with Crippen LogP contribution in [-0.4, -0.2) is 22.8 Å². The highest BCUT2D eigenvalue weighted by molar-refractivity contribution is 9.09. The fraction of sp³-hybridized carbons (Fsp3) is 0.538. The molecular formula is C13H17BrN2O. The smallest absolute Gasteiger partial charge is 0.251 e. The van der Waals surface area contributed by atoms with Gasteiger partial charge in [-0.2, -0.15) is 0 Å². The molecule has 1 amide bonds. The second-order valence-electron chi connectivity index (χ2n) is 4.55. The van der Waals surface area contributed by atoms with Gasteiger partial charge in [0, 0.05) is 29.8 Å². The normalized spacial score (nSPS) is 23.6. The lowest BCUT2D eigenvalue weighted by Gasteiger charge is -2.17. The third-order valence-electron chi connectivity index (χ3n) is 3.48. The maximum Gasteiger partial charge on any atom is 0.251 e. The lowest BCUT2D eigenvalue weighted by molar-refractivity contribution is 0.0944. The molecule has 2 rings (SSSR count). The largest absolute Gasteiger partial charge is 0.352 e. The van der Waals surface area contributed by atoms with Crippen LogP contribution in [0.15, 0.2) is 24.5 Å². The molecule has 0 radical (unpaired) electrons. The number of carbonyl (C=O) groups is 1. The van der Waals surface area contributed by atoms with Gasteiger partial charge < -0.3 is 5.32 Å². The number of hydrogen-bond acceptors (Lipinski definition) is 2. The predicted molar refractivity (Wildman–Crippen MR) is 71.2 cm³/mol. The van der Waals surface area contributed by atoms with Crippen LogP contribution in [0.3, 0.4) is 0 Å². The van der Waals surface area contributed by atoms with Crippen LogP contribution < -0.4 is 5.32 Å². The van der Waals surface area contributed by atoms with E-state index < -0.39 is 0 Å². The van der Waals surface area contributed by atoms with Gasteiger partial charge >= 0.3 is 0 Å². The molecule has 2 unspecified atom stereocenters. The molecule has 0 aromatic carbocycles. The van der Waals surface area contributed by atoms with Crippen LogP contribution in [0.4, 0.5) is 0 Å². The highest BCUT2D eigenvalue weighted by Crippen LogP contribution is 2.32. The van der Waals surface area contributed by atoms with Crippen LogP contribution in [-0.2, 0) is 0 Å². The molecule has 4 heteroatoms. The van der Waals surface area contributed by atoms with E-state index in [9.17, 15) is 4.79 Å². The average Bonchev–Trinajstić information content (AvgIpc) is 2.84. The monoisotopic (exact) mass is 296 g/mol. The summed E-state index contributed by atoms with van der Waals surface area (Å²) in [6.45, 7) is 0.789. The first kappa shape index (κ1) is 12.6. The van der Waals surface area contributed by atoms with Crippen molar-refractivity contribution >= 4 is 21.8 Å². The van der Waals surface area contributed by atoms with Crippen molar-refractivity contribution in [3.63, 3.8) is 0 Å². The van der Waals surface area contributed by atoms with Crippen molar-refractivity contribution in [3.05, 3.63) is 30.1 Å². The van der Waals surface area contributed by atoms with Crippen LogP contribution in [0.2, 0.25) is 0 Å². The summed E-state index contributed by atoms with van der Waals surface area (Å²) in [5.41, 5.74) is 0.688. The summed E-state index contributed by atoms with van der Waals surface area (Å²) in [6, 6.07) is 3.48. The molecule has 1 N–H and O–H groups in total. The fourth-order valence-electron chi connectivity index (χ4n) is 2.41.